The molecule has 3 aromatic heterocycles. The number of aromatic amines is 1. The molecule has 0 aliphatic rings. The predicted octanol–water partition coefficient (Wildman–Crippen LogP) is 4.00. The average Bonchev–Trinajstić information content (AvgIpc) is 3.23. The molecule has 0 aliphatic carbocycles. The van der Waals surface area contributed by atoms with Gasteiger partial charge in [-0.2, -0.15) is 5.10 Å². The number of hydrogen-bond acceptors (Lipinski definition) is 3. The first-order valence-electron chi connectivity index (χ1n) is 8.10. The van der Waals surface area contributed by atoms with Crippen LogP contribution in [0.25, 0.3) is 22.0 Å². The van der Waals surface area contributed by atoms with Gasteiger partial charge < -0.3 is 14.7 Å². The molecule has 0 unspecified atom stereocenters. The summed E-state index contributed by atoms with van der Waals surface area (Å²) in [7, 11) is 0. The van der Waals surface area contributed by atoms with E-state index in [1.54, 1.807) is 12.1 Å². The molecule has 0 atom stereocenters. The van der Waals surface area contributed by atoms with Crippen molar-refractivity contribution < 1.29 is 9.21 Å². The van der Waals surface area contributed by atoms with Gasteiger partial charge in [0.1, 0.15) is 5.69 Å². The van der Waals surface area contributed by atoms with E-state index < -0.39 is 0 Å². The summed E-state index contributed by atoms with van der Waals surface area (Å²) >= 11 is 3.26. The molecule has 0 saturated carbocycles. The fourth-order valence-electron chi connectivity index (χ4n) is 2.97. The summed E-state index contributed by atoms with van der Waals surface area (Å²) in [6.07, 6.45) is 0.808. The molecule has 2 N–H and O–H groups in total. The minimum absolute atomic E-state index is 0.134. The second kappa shape index (κ2) is 6.40. The lowest BCUT2D eigenvalue weighted by atomic mass is 10.2. The number of benzene rings is 1. The molecule has 0 aliphatic heterocycles. The summed E-state index contributed by atoms with van der Waals surface area (Å²) in [6.45, 7) is 3.42. The van der Waals surface area contributed by atoms with Crippen LogP contribution in [-0.2, 0) is 6.54 Å². The first-order valence-corrected chi connectivity index (χ1v) is 8.89. The zero-order valence-electron chi connectivity index (χ0n) is 13.7. The number of amides is 1. The van der Waals surface area contributed by atoms with Gasteiger partial charge in [-0.3, -0.25) is 9.48 Å². The van der Waals surface area contributed by atoms with Crippen molar-refractivity contribution >= 4 is 43.8 Å². The van der Waals surface area contributed by atoms with Crippen LogP contribution in [0.1, 0.15) is 22.6 Å². The molecule has 128 valence electrons. The van der Waals surface area contributed by atoms with Crippen molar-refractivity contribution in [1.29, 1.82) is 0 Å². The second-order valence-electron chi connectivity index (χ2n) is 5.95. The molecule has 1 aromatic carbocycles. The van der Waals surface area contributed by atoms with E-state index in [4.69, 9.17) is 4.42 Å². The van der Waals surface area contributed by atoms with Crippen LogP contribution in [0.5, 0.6) is 0 Å². The third kappa shape index (κ3) is 3.07. The maximum atomic E-state index is 12.2. The van der Waals surface area contributed by atoms with Crippen LogP contribution >= 0.6 is 15.9 Å². The van der Waals surface area contributed by atoms with Gasteiger partial charge in [-0.25, -0.2) is 0 Å². The first kappa shape index (κ1) is 16.0. The molecule has 7 heteroatoms. The van der Waals surface area contributed by atoms with Crippen molar-refractivity contribution in [3.63, 3.8) is 0 Å². The van der Waals surface area contributed by atoms with Crippen molar-refractivity contribution in [1.82, 2.24) is 20.1 Å². The van der Waals surface area contributed by atoms with Gasteiger partial charge >= 0.3 is 0 Å². The topological polar surface area (TPSA) is 75.8 Å². The Labute approximate surface area is 152 Å². The number of fused-ring (bicyclic) bond motifs is 2. The molecule has 3 heterocycles. The van der Waals surface area contributed by atoms with Gasteiger partial charge in [0.2, 0.25) is 0 Å². The van der Waals surface area contributed by atoms with Crippen LogP contribution in [0.2, 0.25) is 0 Å². The molecule has 0 fully saturated rings. The molecule has 6 nitrogen and oxygen atoms in total. The van der Waals surface area contributed by atoms with E-state index in [1.165, 1.54) is 5.39 Å². The highest BCUT2D eigenvalue weighted by molar-refractivity contribution is 9.10. The number of rotatable bonds is 5. The van der Waals surface area contributed by atoms with Crippen LogP contribution in [0.4, 0.5) is 0 Å². The fourth-order valence-corrected chi connectivity index (χ4v) is 3.37. The number of H-pyrrole nitrogens is 1. The van der Waals surface area contributed by atoms with Gasteiger partial charge in [0.25, 0.3) is 5.91 Å². The third-order valence-electron chi connectivity index (χ3n) is 4.26. The molecule has 0 bridgehead atoms. The number of carbonyl (C=O) groups excluding carboxylic acids is 1. The molecule has 1 amide bonds. The Morgan fingerprint density at radius 3 is 3.00 bits per heavy atom. The van der Waals surface area contributed by atoms with Crippen LogP contribution in [0.3, 0.4) is 0 Å². The number of nitrogens with zero attached hydrogens (tertiary/aromatic N) is 2. The Morgan fingerprint density at radius 2 is 2.20 bits per heavy atom. The van der Waals surface area contributed by atoms with Crippen LogP contribution < -0.4 is 5.32 Å². The third-order valence-corrected chi connectivity index (χ3v) is 4.65. The summed E-state index contributed by atoms with van der Waals surface area (Å²) in [4.78, 5) is 15.2. The molecule has 4 rings (SSSR count). The van der Waals surface area contributed by atoms with Crippen molar-refractivity contribution in [3.05, 3.63) is 52.5 Å². The molecular formula is C18H17BrN4O2. The van der Waals surface area contributed by atoms with E-state index in [2.05, 4.69) is 44.3 Å². The predicted molar refractivity (Wildman–Crippen MR) is 99.7 cm³/mol. The Balaban J connectivity index is 1.34. The maximum absolute atomic E-state index is 12.2. The summed E-state index contributed by atoms with van der Waals surface area (Å²) < 4.78 is 8.06. The average molecular weight is 401 g/mol. The van der Waals surface area contributed by atoms with E-state index in [0.717, 1.165) is 29.7 Å². The van der Waals surface area contributed by atoms with Gasteiger partial charge in [0.05, 0.1) is 11.0 Å². The Hall–Kier alpha value is -2.54. The SMILES string of the molecule is Cc1c2ccccc2nn1CCCNC(=O)c1cc2oc(Br)cc2[nH]1. The van der Waals surface area contributed by atoms with E-state index in [1.807, 2.05) is 22.9 Å². The van der Waals surface area contributed by atoms with Gasteiger partial charge in [0.15, 0.2) is 10.3 Å². The Bertz CT molecular complexity index is 1030. The van der Waals surface area contributed by atoms with Gasteiger partial charge in [-0.1, -0.05) is 18.2 Å². The standard InChI is InChI=1S/C18H17BrN4O2/c1-11-12-5-2-3-6-13(12)22-23(11)8-4-7-20-18(24)15-9-16-14(21-15)10-17(19)25-16/h2-3,5-6,9-10,21H,4,7-8H2,1H3,(H,20,24). The smallest absolute Gasteiger partial charge is 0.267 e. The van der Waals surface area contributed by atoms with Crippen LogP contribution in [0, 0.1) is 6.92 Å². The summed E-state index contributed by atoms with van der Waals surface area (Å²) in [5.74, 6) is -0.134. The minimum Gasteiger partial charge on any atom is -0.448 e. The number of halogens is 1. The van der Waals surface area contributed by atoms with Crippen molar-refractivity contribution in [3.8, 4) is 0 Å². The summed E-state index contributed by atoms with van der Waals surface area (Å²) in [5, 5.41) is 8.69. The fraction of sp³-hybridized carbons (Fsp3) is 0.222. The van der Waals surface area contributed by atoms with Crippen molar-refractivity contribution in [2.45, 2.75) is 19.9 Å². The molecule has 0 spiro atoms. The monoisotopic (exact) mass is 400 g/mol. The van der Waals surface area contributed by atoms with Crippen molar-refractivity contribution in [2.24, 2.45) is 0 Å². The van der Waals surface area contributed by atoms with Crippen LogP contribution in [0.15, 0.2) is 45.5 Å². The van der Waals surface area contributed by atoms with Crippen molar-refractivity contribution in [2.75, 3.05) is 6.54 Å². The van der Waals surface area contributed by atoms with E-state index in [9.17, 15) is 4.79 Å². The lowest BCUT2D eigenvalue weighted by Crippen LogP contribution is -2.25. The highest BCUT2D eigenvalue weighted by Gasteiger charge is 2.12. The molecular weight excluding hydrogens is 384 g/mol. The number of aromatic nitrogens is 3. The van der Waals surface area contributed by atoms with Gasteiger partial charge in [0, 0.05) is 36.3 Å². The largest absolute Gasteiger partial charge is 0.448 e. The lowest BCUT2D eigenvalue weighted by Gasteiger charge is -2.06. The summed E-state index contributed by atoms with van der Waals surface area (Å²) in [5.41, 5.74) is 4.12. The number of furan rings is 1. The number of carbonyl (C=O) groups is 1. The van der Waals surface area contributed by atoms with Crippen LogP contribution in [-0.4, -0.2) is 27.2 Å². The number of aryl methyl sites for hydroxylation is 2. The second-order valence-corrected chi connectivity index (χ2v) is 6.73. The highest BCUT2D eigenvalue weighted by atomic mass is 79.9. The maximum Gasteiger partial charge on any atom is 0.267 e. The van der Waals surface area contributed by atoms with E-state index in [0.29, 0.717) is 22.5 Å². The molecule has 0 radical (unpaired) electrons. The highest BCUT2D eigenvalue weighted by Crippen LogP contribution is 2.23. The molecule has 25 heavy (non-hydrogen) atoms. The lowest BCUT2D eigenvalue weighted by molar-refractivity contribution is 0.0948. The quantitative estimate of drug-likeness (QED) is 0.497. The number of nitrogens with one attached hydrogen (secondary N) is 2. The normalized spacial score (nSPS) is 11.4. The molecule has 4 aromatic rings. The zero-order valence-corrected chi connectivity index (χ0v) is 15.3. The number of hydrogen-bond donors (Lipinski definition) is 2. The zero-order chi connectivity index (χ0) is 17.4. The van der Waals surface area contributed by atoms with Gasteiger partial charge in [-0.05, 0) is 35.3 Å². The Kier molecular flexibility index (Phi) is 4.09. The van der Waals surface area contributed by atoms with E-state index >= 15 is 0 Å². The Morgan fingerprint density at radius 1 is 1.36 bits per heavy atom. The van der Waals surface area contributed by atoms with E-state index in [-0.39, 0.29) is 5.91 Å². The summed E-state index contributed by atoms with van der Waals surface area (Å²) in [6, 6.07) is 11.6. The molecule has 0 saturated heterocycles. The first-order chi connectivity index (χ1) is 12.1. The minimum atomic E-state index is -0.134. The van der Waals surface area contributed by atoms with Gasteiger partial charge in [-0.15, -0.1) is 0 Å².